The molecule has 1 aromatic carbocycles. The van der Waals surface area contributed by atoms with Crippen molar-refractivity contribution in [3.8, 4) is 0 Å². The van der Waals surface area contributed by atoms with E-state index in [4.69, 9.17) is 0 Å². The summed E-state index contributed by atoms with van der Waals surface area (Å²) in [5, 5.41) is 12.7. The number of methoxy groups -OCH3 is 1. The number of hydrogen-bond acceptors (Lipinski definition) is 5. The predicted molar refractivity (Wildman–Crippen MR) is 66.7 cm³/mol. The highest BCUT2D eigenvalue weighted by molar-refractivity contribution is 5.76. The first-order chi connectivity index (χ1) is 9.73. The van der Waals surface area contributed by atoms with Gasteiger partial charge in [0.1, 0.15) is 6.04 Å². The van der Waals surface area contributed by atoms with E-state index >= 15 is 0 Å². The average molecular weight is 306 g/mol. The van der Waals surface area contributed by atoms with Crippen LogP contribution in [-0.4, -0.2) is 36.8 Å². The summed E-state index contributed by atoms with van der Waals surface area (Å²) >= 11 is 0. The lowest BCUT2D eigenvalue weighted by Crippen LogP contribution is -2.44. The van der Waals surface area contributed by atoms with Gasteiger partial charge in [-0.15, -0.1) is 0 Å². The van der Waals surface area contributed by atoms with Crippen molar-refractivity contribution in [2.24, 2.45) is 0 Å². The maximum atomic E-state index is 12.2. The molecule has 1 aromatic rings. The van der Waals surface area contributed by atoms with Crippen LogP contribution in [0, 0.1) is 10.1 Å². The highest BCUT2D eigenvalue weighted by atomic mass is 19.4. The molecule has 0 bridgehead atoms. The summed E-state index contributed by atoms with van der Waals surface area (Å²) in [6.45, 7) is -1.36. The number of halogens is 3. The average Bonchev–Trinajstić information content (AvgIpc) is 2.41. The summed E-state index contributed by atoms with van der Waals surface area (Å²) in [6, 6.07) is 4.09. The molecule has 0 radical (unpaired) electrons. The van der Waals surface area contributed by atoms with Gasteiger partial charge in [-0.25, -0.2) is 0 Å². The van der Waals surface area contributed by atoms with Gasteiger partial charge in [-0.1, -0.05) is 12.1 Å². The van der Waals surface area contributed by atoms with Crippen molar-refractivity contribution in [3.05, 3.63) is 39.9 Å². The molecule has 0 aliphatic heterocycles. The molecule has 0 spiro atoms. The molecule has 0 unspecified atom stereocenters. The third-order valence-electron chi connectivity index (χ3n) is 2.60. The molecule has 0 fully saturated rings. The number of alkyl halides is 3. The fourth-order valence-electron chi connectivity index (χ4n) is 1.65. The molecule has 1 atom stereocenters. The van der Waals surface area contributed by atoms with E-state index in [2.05, 4.69) is 4.74 Å². The number of rotatable bonds is 6. The molecular weight excluding hydrogens is 293 g/mol. The number of nitro groups is 1. The highest BCUT2D eigenvalue weighted by Gasteiger charge is 2.30. The lowest BCUT2D eigenvalue weighted by Gasteiger charge is -2.17. The Bertz CT molecular complexity index is 519. The van der Waals surface area contributed by atoms with Crippen molar-refractivity contribution in [1.29, 1.82) is 0 Å². The Labute approximate surface area is 118 Å². The van der Waals surface area contributed by atoms with Gasteiger partial charge in [0, 0.05) is 12.1 Å². The van der Waals surface area contributed by atoms with Crippen LogP contribution in [0.3, 0.4) is 0 Å². The van der Waals surface area contributed by atoms with Crippen LogP contribution in [-0.2, 0) is 16.0 Å². The molecule has 1 rings (SSSR count). The Morgan fingerprint density at radius 1 is 1.48 bits per heavy atom. The zero-order chi connectivity index (χ0) is 16.0. The maximum absolute atomic E-state index is 12.2. The SMILES string of the molecule is COC(=O)[C@@H](Cc1cccc([N+](=O)[O-])c1)NCC(F)(F)F. The van der Waals surface area contributed by atoms with E-state index in [-0.39, 0.29) is 12.1 Å². The minimum absolute atomic E-state index is 0.148. The van der Waals surface area contributed by atoms with Crippen molar-refractivity contribution >= 4 is 11.7 Å². The molecule has 0 heterocycles. The van der Waals surface area contributed by atoms with Gasteiger partial charge in [0.05, 0.1) is 18.6 Å². The molecule has 9 heteroatoms. The van der Waals surface area contributed by atoms with Crippen LogP contribution in [0.2, 0.25) is 0 Å². The van der Waals surface area contributed by atoms with E-state index in [1.165, 1.54) is 24.3 Å². The number of nitrogens with zero attached hydrogens (tertiary/aromatic N) is 1. The van der Waals surface area contributed by atoms with Crippen molar-refractivity contribution in [2.45, 2.75) is 18.6 Å². The van der Waals surface area contributed by atoms with Crippen molar-refractivity contribution in [3.63, 3.8) is 0 Å². The van der Waals surface area contributed by atoms with Gasteiger partial charge in [-0.2, -0.15) is 13.2 Å². The summed E-state index contributed by atoms with van der Waals surface area (Å²) in [5.41, 5.74) is 0.154. The number of benzene rings is 1. The lowest BCUT2D eigenvalue weighted by molar-refractivity contribution is -0.384. The first kappa shape index (κ1) is 16.9. The van der Waals surface area contributed by atoms with Crippen molar-refractivity contribution in [2.75, 3.05) is 13.7 Å². The number of hydrogen-bond donors (Lipinski definition) is 1. The van der Waals surface area contributed by atoms with Crippen molar-refractivity contribution < 1.29 is 27.6 Å². The normalized spacial score (nSPS) is 12.8. The molecular formula is C12H13F3N2O4. The second kappa shape index (κ2) is 7.02. The van der Waals surface area contributed by atoms with Crippen LogP contribution < -0.4 is 5.32 Å². The number of esters is 1. The number of carbonyl (C=O) groups excluding carboxylic acids is 1. The molecule has 0 aliphatic rings. The van der Waals surface area contributed by atoms with Crippen LogP contribution >= 0.6 is 0 Å². The van der Waals surface area contributed by atoms with Gasteiger partial charge in [0.25, 0.3) is 5.69 Å². The molecule has 1 N–H and O–H groups in total. The van der Waals surface area contributed by atoms with E-state index in [0.717, 1.165) is 7.11 Å². The summed E-state index contributed by atoms with van der Waals surface area (Å²) < 4.78 is 41.0. The van der Waals surface area contributed by atoms with Gasteiger partial charge in [-0.05, 0) is 12.0 Å². The summed E-state index contributed by atoms with van der Waals surface area (Å²) in [4.78, 5) is 21.5. The molecule has 0 saturated heterocycles. The Kier molecular flexibility index (Phi) is 5.65. The minimum atomic E-state index is -4.48. The van der Waals surface area contributed by atoms with E-state index in [0.29, 0.717) is 5.56 Å². The van der Waals surface area contributed by atoms with E-state index in [1.807, 2.05) is 5.32 Å². The predicted octanol–water partition coefficient (Wildman–Crippen LogP) is 1.83. The zero-order valence-corrected chi connectivity index (χ0v) is 11.0. The Morgan fingerprint density at radius 2 is 2.14 bits per heavy atom. The highest BCUT2D eigenvalue weighted by Crippen LogP contribution is 2.16. The largest absolute Gasteiger partial charge is 0.468 e. The van der Waals surface area contributed by atoms with E-state index in [9.17, 15) is 28.1 Å². The van der Waals surface area contributed by atoms with E-state index < -0.39 is 29.7 Å². The van der Waals surface area contributed by atoms with E-state index in [1.54, 1.807) is 0 Å². The quantitative estimate of drug-likeness (QED) is 0.492. The van der Waals surface area contributed by atoms with Crippen LogP contribution in [0.1, 0.15) is 5.56 Å². The fourth-order valence-corrected chi connectivity index (χ4v) is 1.65. The molecule has 0 aliphatic carbocycles. The number of nitrogens with one attached hydrogen (secondary N) is 1. The first-order valence-corrected chi connectivity index (χ1v) is 5.84. The molecule has 0 amide bonds. The van der Waals surface area contributed by atoms with Crippen LogP contribution in [0.15, 0.2) is 24.3 Å². The number of carbonyl (C=O) groups is 1. The minimum Gasteiger partial charge on any atom is -0.468 e. The Balaban J connectivity index is 2.83. The number of ether oxygens (including phenoxy) is 1. The van der Waals surface area contributed by atoms with Crippen LogP contribution in [0.5, 0.6) is 0 Å². The fraction of sp³-hybridized carbons (Fsp3) is 0.417. The maximum Gasteiger partial charge on any atom is 0.401 e. The smallest absolute Gasteiger partial charge is 0.401 e. The Morgan fingerprint density at radius 3 is 2.67 bits per heavy atom. The zero-order valence-electron chi connectivity index (χ0n) is 11.0. The number of non-ortho nitro benzene ring substituents is 1. The van der Waals surface area contributed by atoms with Gasteiger partial charge >= 0.3 is 12.1 Å². The third kappa shape index (κ3) is 5.78. The monoisotopic (exact) mass is 306 g/mol. The molecule has 6 nitrogen and oxygen atoms in total. The molecule has 116 valence electrons. The molecule has 21 heavy (non-hydrogen) atoms. The van der Waals surface area contributed by atoms with Gasteiger partial charge in [0.2, 0.25) is 0 Å². The summed E-state index contributed by atoms with van der Waals surface area (Å²) in [7, 11) is 1.05. The van der Waals surface area contributed by atoms with Gasteiger partial charge in [0.15, 0.2) is 0 Å². The second-order valence-corrected chi connectivity index (χ2v) is 4.20. The summed E-state index contributed by atoms with van der Waals surface area (Å²) in [5.74, 6) is -0.870. The lowest BCUT2D eigenvalue weighted by atomic mass is 10.1. The summed E-state index contributed by atoms with van der Waals surface area (Å²) in [6.07, 6.45) is -4.63. The van der Waals surface area contributed by atoms with Crippen LogP contribution in [0.25, 0.3) is 0 Å². The van der Waals surface area contributed by atoms with Gasteiger partial charge in [-0.3, -0.25) is 20.2 Å². The standard InChI is InChI=1S/C12H13F3N2O4/c1-21-11(18)10(16-7-12(13,14)15)6-8-3-2-4-9(5-8)17(19)20/h2-5,10,16H,6-7H2,1H3/t10-/m1/s1. The number of nitro benzene ring substituents is 1. The first-order valence-electron chi connectivity index (χ1n) is 5.84. The van der Waals surface area contributed by atoms with Crippen LogP contribution in [0.4, 0.5) is 18.9 Å². The Hall–Kier alpha value is -2.16. The molecule has 0 saturated carbocycles. The second-order valence-electron chi connectivity index (χ2n) is 4.20. The topological polar surface area (TPSA) is 81.5 Å². The van der Waals surface area contributed by atoms with Gasteiger partial charge < -0.3 is 4.74 Å². The molecule has 0 aromatic heterocycles. The third-order valence-corrected chi connectivity index (χ3v) is 2.60. The van der Waals surface area contributed by atoms with Crippen molar-refractivity contribution in [1.82, 2.24) is 5.32 Å².